The van der Waals surface area contributed by atoms with Gasteiger partial charge < -0.3 is 4.74 Å². The van der Waals surface area contributed by atoms with Gasteiger partial charge in [0.15, 0.2) is 17.7 Å². The van der Waals surface area contributed by atoms with E-state index in [1.165, 1.54) is 0 Å². The van der Waals surface area contributed by atoms with Gasteiger partial charge in [0.1, 0.15) is 0 Å². The number of pyridine rings is 1. The zero-order chi connectivity index (χ0) is 16.8. The van der Waals surface area contributed by atoms with E-state index in [1.54, 1.807) is 10.8 Å². The van der Waals surface area contributed by atoms with Crippen LogP contribution in [0.5, 0.6) is 5.75 Å². The minimum absolute atomic E-state index is 0.0710. The van der Waals surface area contributed by atoms with Crippen LogP contribution >= 0.6 is 0 Å². The Morgan fingerprint density at radius 3 is 2.72 bits per heavy atom. The first kappa shape index (κ1) is 14.0. The van der Waals surface area contributed by atoms with Gasteiger partial charge in [0, 0.05) is 18.0 Å². The Hall–Kier alpha value is -3.40. The monoisotopic (exact) mass is 326 g/mol. The Balaban J connectivity index is 1.70. The van der Waals surface area contributed by atoms with Crippen LogP contribution in [-0.2, 0) is 0 Å². The number of carbonyl (C=O) groups excluding carboxylic acids is 1. The van der Waals surface area contributed by atoms with Crippen LogP contribution < -0.4 is 4.74 Å². The van der Waals surface area contributed by atoms with Gasteiger partial charge in [-0.1, -0.05) is 36.4 Å². The number of benzene rings is 2. The average molecular weight is 326 g/mol. The van der Waals surface area contributed by atoms with Crippen molar-refractivity contribution in [3.63, 3.8) is 0 Å². The summed E-state index contributed by atoms with van der Waals surface area (Å²) in [5.41, 5.74) is 1.42. The molecule has 0 fully saturated rings. The molecule has 2 aromatic carbocycles. The lowest BCUT2D eigenvalue weighted by Gasteiger charge is -2.16. The summed E-state index contributed by atoms with van der Waals surface area (Å²) in [6.45, 7) is 0. The minimum atomic E-state index is -0.691. The summed E-state index contributed by atoms with van der Waals surface area (Å²) in [4.78, 5) is 17.5. The van der Waals surface area contributed by atoms with Crippen LogP contribution in [0.2, 0.25) is 0 Å². The predicted octanol–water partition coefficient (Wildman–Crippen LogP) is 4.34. The molecule has 0 saturated heterocycles. The molecule has 4 heteroatoms. The number of nitrogens with zero attached hydrogens (tertiary/aromatic N) is 2. The normalized spacial score (nSPS) is 16.0. The third-order valence-corrected chi connectivity index (χ3v) is 4.54. The van der Waals surface area contributed by atoms with Gasteiger partial charge in [-0.15, -0.1) is 0 Å². The van der Waals surface area contributed by atoms with Gasteiger partial charge in [-0.05, 0) is 41.1 Å². The lowest BCUT2D eigenvalue weighted by molar-refractivity contribution is 0.0796. The maximum absolute atomic E-state index is 13.1. The number of fused-ring (bicyclic) bond motifs is 4. The third kappa shape index (κ3) is 2.15. The van der Waals surface area contributed by atoms with Crippen molar-refractivity contribution in [1.82, 2.24) is 9.55 Å². The molecule has 1 aliphatic heterocycles. The van der Waals surface area contributed by atoms with E-state index >= 15 is 0 Å². The van der Waals surface area contributed by atoms with E-state index in [-0.39, 0.29) is 5.78 Å². The Morgan fingerprint density at radius 1 is 0.920 bits per heavy atom. The lowest BCUT2D eigenvalue weighted by Crippen LogP contribution is -2.18. The van der Waals surface area contributed by atoms with Crippen molar-refractivity contribution in [1.29, 1.82) is 0 Å². The first-order valence-corrected chi connectivity index (χ1v) is 8.13. The lowest BCUT2D eigenvalue weighted by atomic mass is 10.00. The van der Waals surface area contributed by atoms with Gasteiger partial charge in [-0.3, -0.25) is 9.36 Å². The number of ether oxygens (including phenoxy) is 1. The Labute approximate surface area is 144 Å². The smallest absolute Gasteiger partial charge is 0.224 e. The second-order valence-corrected chi connectivity index (χ2v) is 6.06. The molecule has 5 rings (SSSR count). The molecular formula is C21H14N2O2. The standard InChI is InChI=1S/C21H14N2O2/c24-19-17-7-4-12-23(17)21-18(8-3-11-22-21)25-20(19)16-10-9-14-5-1-2-6-15(14)13-16/h1-13,20H. The van der Waals surface area contributed by atoms with Gasteiger partial charge in [-0.2, -0.15) is 0 Å². The number of rotatable bonds is 1. The van der Waals surface area contributed by atoms with Crippen LogP contribution in [0.3, 0.4) is 0 Å². The Morgan fingerprint density at radius 2 is 1.80 bits per heavy atom. The predicted molar refractivity (Wildman–Crippen MR) is 95.2 cm³/mol. The Kier molecular flexibility index (Phi) is 2.97. The Bertz CT molecular complexity index is 1110. The fourth-order valence-corrected chi connectivity index (χ4v) is 3.33. The first-order valence-electron chi connectivity index (χ1n) is 8.13. The summed E-state index contributed by atoms with van der Waals surface area (Å²) >= 11 is 0. The topological polar surface area (TPSA) is 44.1 Å². The molecule has 1 aliphatic rings. The van der Waals surface area contributed by atoms with Crippen molar-refractivity contribution in [3.8, 4) is 11.6 Å². The second-order valence-electron chi connectivity index (χ2n) is 6.06. The van der Waals surface area contributed by atoms with Gasteiger partial charge in [-0.25, -0.2) is 4.98 Å². The molecule has 4 nitrogen and oxygen atoms in total. The highest BCUT2D eigenvalue weighted by molar-refractivity contribution is 6.00. The highest BCUT2D eigenvalue weighted by Gasteiger charge is 2.31. The third-order valence-electron chi connectivity index (χ3n) is 4.54. The molecule has 0 saturated carbocycles. The van der Waals surface area contributed by atoms with Gasteiger partial charge in [0.2, 0.25) is 5.78 Å². The summed E-state index contributed by atoms with van der Waals surface area (Å²) in [6, 6.07) is 21.4. The van der Waals surface area contributed by atoms with Gasteiger partial charge in [0.25, 0.3) is 0 Å². The zero-order valence-corrected chi connectivity index (χ0v) is 13.3. The van der Waals surface area contributed by atoms with E-state index in [1.807, 2.05) is 66.9 Å². The molecule has 0 amide bonds. The van der Waals surface area contributed by atoms with Crippen molar-refractivity contribution in [2.45, 2.75) is 6.10 Å². The molecule has 120 valence electrons. The van der Waals surface area contributed by atoms with E-state index < -0.39 is 6.10 Å². The summed E-state index contributed by atoms with van der Waals surface area (Å²) in [5, 5.41) is 2.22. The molecule has 1 atom stereocenters. The van der Waals surface area contributed by atoms with Gasteiger partial charge >= 0.3 is 0 Å². The number of ketones is 1. The summed E-state index contributed by atoms with van der Waals surface area (Å²) in [5.74, 6) is 1.17. The number of hydrogen-bond donors (Lipinski definition) is 0. The SMILES string of the molecule is O=C1c2cccn2-c2ncccc2OC1c1ccc2ccccc2c1. The molecule has 2 aromatic heterocycles. The molecule has 0 spiro atoms. The molecule has 0 radical (unpaired) electrons. The number of hydrogen-bond acceptors (Lipinski definition) is 3. The number of aromatic nitrogens is 2. The van der Waals surface area contributed by atoms with E-state index in [2.05, 4.69) is 11.1 Å². The van der Waals surface area contributed by atoms with Crippen molar-refractivity contribution >= 4 is 16.6 Å². The highest BCUT2D eigenvalue weighted by atomic mass is 16.5. The molecule has 4 aromatic rings. The molecule has 1 unspecified atom stereocenters. The fourth-order valence-electron chi connectivity index (χ4n) is 3.33. The van der Waals surface area contributed by atoms with Crippen LogP contribution in [0.4, 0.5) is 0 Å². The first-order chi connectivity index (χ1) is 12.3. The number of Topliss-reactive ketones (excluding diaryl/α,β-unsaturated/α-hetero) is 1. The average Bonchev–Trinajstić information content (AvgIpc) is 3.11. The second kappa shape index (κ2) is 5.31. The van der Waals surface area contributed by atoms with Crippen molar-refractivity contribution < 1.29 is 9.53 Å². The van der Waals surface area contributed by atoms with Crippen LogP contribution in [0.1, 0.15) is 22.2 Å². The fraction of sp³-hybridized carbons (Fsp3) is 0.0476. The maximum Gasteiger partial charge on any atom is 0.224 e. The summed E-state index contributed by atoms with van der Waals surface area (Å²) in [6.07, 6.45) is 2.85. The maximum atomic E-state index is 13.1. The van der Waals surface area contributed by atoms with E-state index in [0.717, 1.165) is 16.3 Å². The number of carbonyl (C=O) groups is 1. The summed E-state index contributed by atoms with van der Waals surface area (Å²) in [7, 11) is 0. The highest BCUT2D eigenvalue weighted by Crippen LogP contribution is 2.34. The summed E-state index contributed by atoms with van der Waals surface area (Å²) < 4.78 is 7.90. The molecule has 0 aliphatic carbocycles. The zero-order valence-electron chi connectivity index (χ0n) is 13.3. The van der Waals surface area contributed by atoms with Crippen molar-refractivity contribution in [2.24, 2.45) is 0 Å². The minimum Gasteiger partial charge on any atom is -0.474 e. The molecule has 0 bridgehead atoms. The quantitative estimate of drug-likeness (QED) is 0.522. The van der Waals surface area contributed by atoms with Crippen LogP contribution in [0.15, 0.2) is 79.1 Å². The molecule has 0 N–H and O–H groups in total. The molecule has 3 heterocycles. The largest absolute Gasteiger partial charge is 0.474 e. The van der Waals surface area contributed by atoms with Crippen molar-refractivity contribution in [2.75, 3.05) is 0 Å². The van der Waals surface area contributed by atoms with E-state index in [0.29, 0.717) is 17.3 Å². The van der Waals surface area contributed by atoms with E-state index in [4.69, 9.17) is 4.74 Å². The van der Waals surface area contributed by atoms with Crippen LogP contribution in [-0.4, -0.2) is 15.3 Å². The van der Waals surface area contributed by atoms with Crippen LogP contribution in [0.25, 0.3) is 16.6 Å². The van der Waals surface area contributed by atoms with Crippen LogP contribution in [0, 0.1) is 0 Å². The van der Waals surface area contributed by atoms with Crippen molar-refractivity contribution in [3.05, 3.63) is 90.4 Å². The molecular weight excluding hydrogens is 312 g/mol. The van der Waals surface area contributed by atoms with E-state index in [9.17, 15) is 4.79 Å². The molecule has 25 heavy (non-hydrogen) atoms. The van der Waals surface area contributed by atoms with Gasteiger partial charge in [0.05, 0.1) is 5.69 Å².